The largest absolute Gasteiger partial charge is 0.462 e. The van der Waals surface area contributed by atoms with Gasteiger partial charge in [0.1, 0.15) is 42.2 Å². The summed E-state index contributed by atoms with van der Waals surface area (Å²) in [6, 6.07) is 4.27. The molecule has 0 aliphatic carbocycles. The standard InChI is InChI=1S/C31H26ClF5N6O3S/c1-14(44)43-13-40-26-23-27(25(37)22(24(26)32)16-3-4-18(34)28-21(16)17(8-38)29(39)47-28)46-20(11-41(30(23)43)10-19(35)36)45-12-31-5-2-6-42(31)9-15(33)7-31/h3-4,11,15,19H,2,5-7,9-10,12-13,39H2,1H3/t15-,31+/m1/s1. The highest BCUT2D eigenvalue weighted by molar-refractivity contribution is 7.23. The van der Waals surface area contributed by atoms with Crippen LogP contribution < -0.4 is 21.0 Å². The van der Waals surface area contributed by atoms with Gasteiger partial charge in [-0.2, -0.15) is 5.26 Å². The van der Waals surface area contributed by atoms with Crippen molar-refractivity contribution >= 4 is 49.8 Å². The highest BCUT2D eigenvalue weighted by Gasteiger charge is 2.49. The maximum absolute atomic E-state index is 17.1. The Morgan fingerprint density at radius 2 is 2.15 bits per heavy atom. The highest BCUT2D eigenvalue weighted by atomic mass is 35.5. The Balaban J connectivity index is 1.46. The minimum Gasteiger partial charge on any atom is -0.462 e. The number of thiophene rings is 1. The zero-order valence-corrected chi connectivity index (χ0v) is 26.3. The first-order chi connectivity index (χ1) is 22.4. The van der Waals surface area contributed by atoms with Crippen LogP contribution in [0.3, 0.4) is 0 Å². The SMILES string of the molecule is CC(=O)N1CN=c2c(Cl)c(-c3ccc(F)c4sc(N)c(C#N)c34)c(F)c3c2=C1N(CC(F)F)C=C(OC[C@@]12CCCN1C[C@H](F)C2)O3. The molecule has 246 valence electrons. The van der Waals surface area contributed by atoms with Crippen LogP contribution in [0.1, 0.15) is 31.7 Å². The number of hydrogen-bond donors (Lipinski definition) is 1. The number of ether oxygens (including phenoxy) is 2. The summed E-state index contributed by atoms with van der Waals surface area (Å²) in [5.41, 5.74) is 4.99. The molecule has 9 nitrogen and oxygen atoms in total. The van der Waals surface area contributed by atoms with Crippen LogP contribution in [0.2, 0.25) is 5.02 Å². The first-order valence-corrected chi connectivity index (χ1v) is 15.9. The van der Waals surface area contributed by atoms with E-state index in [0.29, 0.717) is 13.0 Å². The Hall–Kier alpha value is -4.13. The van der Waals surface area contributed by atoms with Gasteiger partial charge in [0.2, 0.25) is 5.91 Å². The van der Waals surface area contributed by atoms with E-state index in [1.54, 1.807) is 0 Å². The quantitative estimate of drug-likeness (QED) is 0.370. The van der Waals surface area contributed by atoms with E-state index >= 15 is 4.39 Å². The van der Waals surface area contributed by atoms with Gasteiger partial charge in [0.25, 0.3) is 6.43 Å². The van der Waals surface area contributed by atoms with Crippen molar-refractivity contribution in [1.29, 1.82) is 5.26 Å². The predicted molar refractivity (Wildman–Crippen MR) is 163 cm³/mol. The molecule has 7 rings (SSSR count). The number of anilines is 1. The van der Waals surface area contributed by atoms with Crippen molar-refractivity contribution in [1.82, 2.24) is 14.7 Å². The number of alkyl halides is 3. The molecule has 0 unspecified atom stereocenters. The molecule has 2 fully saturated rings. The first kappa shape index (κ1) is 31.5. The predicted octanol–water partition coefficient (Wildman–Crippen LogP) is 4.81. The molecule has 1 amide bonds. The molecule has 0 bridgehead atoms. The lowest BCUT2D eigenvalue weighted by Gasteiger charge is -2.32. The van der Waals surface area contributed by atoms with Gasteiger partial charge in [0.05, 0.1) is 44.1 Å². The number of nitriles is 1. The topological polar surface area (TPSA) is 107 Å². The number of fused-ring (bicyclic) bond motifs is 2. The lowest BCUT2D eigenvalue weighted by molar-refractivity contribution is -0.126. The number of amides is 1. The van der Waals surface area contributed by atoms with E-state index in [0.717, 1.165) is 39.8 Å². The third kappa shape index (κ3) is 4.96. The maximum Gasteiger partial charge on any atom is 0.302 e. The van der Waals surface area contributed by atoms with Crippen molar-refractivity contribution in [2.24, 2.45) is 4.99 Å². The maximum atomic E-state index is 17.1. The fourth-order valence-electron chi connectivity index (χ4n) is 7.07. The third-order valence-corrected chi connectivity index (χ3v) is 10.4. The van der Waals surface area contributed by atoms with Crippen molar-refractivity contribution in [2.45, 2.75) is 44.3 Å². The molecule has 2 atom stereocenters. The Bertz CT molecular complexity index is 2050. The van der Waals surface area contributed by atoms with Gasteiger partial charge in [-0.15, -0.1) is 11.3 Å². The van der Waals surface area contributed by atoms with Crippen LogP contribution in [0, 0.1) is 23.0 Å². The summed E-state index contributed by atoms with van der Waals surface area (Å²) >= 11 is 7.67. The summed E-state index contributed by atoms with van der Waals surface area (Å²) in [6.45, 7) is 0.752. The molecule has 3 aromatic rings. The van der Waals surface area contributed by atoms with E-state index in [9.17, 15) is 27.6 Å². The normalized spacial score (nSPS) is 22.1. The molecular weight excluding hydrogens is 667 g/mol. The average Bonchev–Trinajstić information content (AvgIpc) is 3.63. The number of benzene rings is 2. The number of carbonyl (C=O) groups excluding carboxylic acids is 1. The fourth-order valence-corrected chi connectivity index (χ4v) is 8.36. The zero-order chi connectivity index (χ0) is 33.4. The van der Waals surface area contributed by atoms with Crippen LogP contribution in [-0.4, -0.2) is 71.7 Å². The Morgan fingerprint density at radius 3 is 2.87 bits per heavy atom. The molecule has 2 saturated heterocycles. The van der Waals surface area contributed by atoms with Crippen molar-refractivity contribution in [3.8, 4) is 22.9 Å². The van der Waals surface area contributed by atoms with Crippen LogP contribution >= 0.6 is 22.9 Å². The minimum atomic E-state index is -2.91. The lowest BCUT2D eigenvalue weighted by Crippen LogP contribution is -2.48. The monoisotopic (exact) mass is 692 g/mol. The van der Waals surface area contributed by atoms with Gasteiger partial charge in [0, 0.05) is 30.8 Å². The second-order valence-electron chi connectivity index (χ2n) is 11.8. The van der Waals surface area contributed by atoms with Crippen molar-refractivity contribution in [3.05, 3.63) is 57.1 Å². The van der Waals surface area contributed by atoms with E-state index in [1.807, 2.05) is 11.0 Å². The van der Waals surface area contributed by atoms with Crippen LogP contribution in [0.4, 0.5) is 27.0 Å². The number of nitrogens with two attached hydrogens (primary N) is 1. The van der Waals surface area contributed by atoms with Gasteiger partial charge in [-0.1, -0.05) is 17.7 Å². The van der Waals surface area contributed by atoms with Gasteiger partial charge >= 0.3 is 5.95 Å². The summed E-state index contributed by atoms with van der Waals surface area (Å²) in [5.74, 6) is -3.45. The second-order valence-corrected chi connectivity index (χ2v) is 13.3. The van der Waals surface area contributed by atoms with E-state index in [-0.39, 0.29) is 85.4 Å². The molecule has 2 aromatic carbocycles. The molecular formula is C31H26ClF5N6O3S. The van der Waals surface area contributed by atoms with Gasteiger partial charge in [-0.25, -0.2) is 22.0 Å². The number of carbonyl (C=O) groups is 1. The smallest absolute Gasteiger partial charge is 0.302 e. The van der Waals surface area contributed by atoms with E-state index in [4.69, 9.17) is 26.8 Å². The molecule has 2 N–H and O–H groups in total. The summed E-state index contributed by atoms with van der Waals surface area (Å²) in [4.78, 5) is 21.3. The van der Waals surface area contributed by atoms with Gasteiger partial charge in [0.15, 0.2) is 11.6 Å². The lowest BCUT2D eigenvalue weighted by atomic mass is 9.95. The Morgan fingerprint density at radius 1 is 1.36 bits per heavy atom. The van der Waals surface area contributed by atoms with Crippen LogP contribution in [-0.2, 0) is 9.53 Å². The number of nitrogens with zero attached hydrogens (tertiary/aromatic N) is 5. The third-order valence-electron chi connectivity index (χ3n) is 9.05. The molecule has 0 saturated carbocycles. The van der Waals surface area contributed by atoms with E-state index < -0.39 is 48.0 Å². The fraction of sp³-hybridized carbons (Fsp3) is 0.387. The van der Waals surface area contributed by atoms with Crippen LogP contribution in [0.15, 0.2) is 29.3 Å². The number of rotatable bonds is 6. The van der Waals surface area contributed by atoms with E-state index in [1.165, 1.54) is 13.0 Å². The van der Waals surface area contributed by atoms with Gasteiger partial charge in [-0.3, -0.25) is 19.6 Å². The summed E-state index contributed by atoms with van der Waals surface area (Å²) in [5, 5.41) is 9.35. The molecule has 1 aromatic heterocycles. The molecule has 4 aliphatic rings. The van der Waals surface area contributed by atoms with Crippen molar-refractivity contribution in [2.75, 3.05) is 38.6 Å². The summed E-state index contributed by atoms with van der Waals surface area (Å²) < 4.78 is 86.7. The molecule has 5 heterocycles. The zero-order valence-electron chi connectivity index (χ0n) is 24.8. The molecule has 16 heteroatoms. The Kier molecular flexibility index (Phi) is 7.72. The Labute approximate surface area is 273 Å². The summed E-state index contributed by atoms with van der Waals surface area (Å²) in [6.07, 6.45) is -1.22. The first-order valence-electron chi connectivity index (χ1n) is 14.7. The van der Waals surface area contributed by atoms with Crippen molar-refractivity contribution < 1.29 is 36.2 Å². The highest BCUT2D eigenvalue weighted by Crippen LogP contribution is 2.45. The number of hydrogen-bond acceptors (Lipinski definition) is 9. The van der Waals surface area contributed by atoms with Gasteiger partial charge < -0.3 is 20.1 Å². The average molecular weight is 693 g/mol. The van der Waals surface area contributed by atoms with Crippen molar-refractivity contribution in [3.63, 3.8) is 0 Å². The summed E-state index contributed by atoms with van der Waals surface area (Å²) in [7, 11) is 0. The number of nitrogen functional groups attached to an aromatic ring is 1. The molecule has 4 aliphatic heterocycles. The number of halogens is 6. The molecule has 0 spiro atoms. The molecule has 0 radical (unpaired) electrons. The van der Waals surface area contributed by atoms with Crippen LogP contribution in [0.5, 0.6) is 5.75 Å². The van der Waals surface area contributed by atoms with Gasteiger partial charge in [-0.05, 0) is 31.0 Å². The second kappa shape index (κ2) is 11.5. The van der Waals surface area contributed by atoms with E-state index in [2.05, 4.69) is 4.99 Å². The molecule has 47 heavy (non-hydrogen) atoms. The minimum absolute atomic E-state index is 0.00130. The van der Waals surface area contributed by atoms with Crippen LogP contribution in [0.25, 0.3) is 27.0 Å².